The molecule has 2 N–H and O–H groups in total. The van der Waals surface area contributed by atoms with Gasteiger partial charge in [0.2, 0.25) is 0 Å². The van der Waals surface area contributed by atoms with Gasteiger partial charge in [0.1, 0.15) is 5.75 Å². The minimum absolute atomic E-state index is 0.0234. The van der Waals surface area contributed by atoms with Gasteiger partial charge in [-0.25, -0.2) is 0 Å². The summed E-state index contributed by atoms with van der Waals surface area (Å²) in [5, 5.41) is 16.0. The summed E-state index contributed by atoms with van der Waals surface area (Å²) >= 11 is 0. The van der Waals surface area contributed by atoms with Crippen LogP contribution in [0, 0.1) is 0 Å². The molecule has 102 valence electrons. The van der Waals surface area contributed by atoms with E-state index < -0.39 is 6.10 Å². The van der Waals surface area contributed by atoms with Crippen molar-refractivity contribution in [2.45, 2.75) is 26.0 Å². The molecule has 0 fully saturated rings. The quantitative estimate of drug-likeness (QED) is 0.867. The van der Waals surface area contributed by atoms with Gasteiger partial charge in [0, 0.05) is 11.6 Å². The van der Waals surface area contributed by atoms with E-state index in [1.54, 1.807) is 7.11 Å². The van der Waals surface area contributed by atoms with Crippen LogP contribution in [0.15, 0.2) is 36.4 Å². The number of hydrogen-bond acceptors (Lipinski definition) is 3. The smallest absolute Gasteiger partial charge is 0.125 e. The fourth-order valence-corrected chi connectivity index (χ4v) is 2.44. The Bertz CT molecular complexity index is 553. The highest BCUT2D eigenvalue weighted by Gasteiger charge is 2.21. The van der Waals surface area contributed by atoms with Crippen molar-refractivity contribution in [3.05, 3.63) is 42.0 Å². The lowest BCUT2D eigenvalue weighted by Gasteiger charge is -2.23. The van der Waals surface area contributed by atoms with Crippen LogP contribution in [0.25, 0.3) is 10.8 Å². The molecular weight excluding hydrogens is 238 g/mol. The monoisotopic (exact) mass is 259 g/mol. The highest BCUT2D eigenvalue weighted by atomic mass is 16.5. The number of fused-ring (bicyclic) bond motifs is 1. The van der Waals surface area contributed by atoms with Gasteiger partial charge in [-0.15, -0.1) is 0 Å². The molecule has 3 nitrogen and oxygen atoms in total. The Morgan fingerprint density at radius 1 is 1.21 bits per heavy atom. The molecule has 0 aromatic heterocycles. The predicted octanol–water partition coefficient (Wildman–Crippen LogP) is 2.88. The zero-order valence-corrected chi connectivity index (χ0v) is 11.7. The third-order valence-corrected chi connectivity index (χ3v) is 3.45. The lowest BCUT2D eigenvalue weighted by atomic mass is 9.95. The van der Waals surface area contributed by atoms with Crippen LogP contribution in [0.4, 0.5) is 0 Å². The van der Waals surface area contributed by atoms with Crippen molar-refractivity contribution in [2.24, 2.45) is 0 Å². The van der Waals surface area contributed by atoms with Crippen molar-refractivity contribution < 1.29 is 9.84 Å². The number of nitrogens with one attached hydrogen (secondary N) is 1. The van der Waals surface area contributed by atoms with Gasteiger partial charge in [0.25, 0.3) is 0 Å². The fraction of sp³-hybridized carbons (Fsp3) is 0.375. The second kappa shape index (κ2) is 6.04. The van der Waals surface area contributed by atoms with E-state index in [0.717, 1.165) is 28.6 Å². The predicted molar refractivity (Wildman–Crippen MR) is 78.6 cm³/mol. The number of benzene rings is 2. The van der Waals surface area contributed by atoms with Crippen LogP contribution >= 0.6 is 0 Å². The van der Waals surface area contributed by atoms with Gasteiger partial charge < -0.3 is 15.2 Å². The largest absolute Gasteiger partial charge is 0.496 e. The normalized spacial score (nSPS) is 14.3. The van der Waals surface area contributed by atoms with Crippen LogP contribution in [0.1, 0.15) is 25.5 Å². The second-order valence-corrected chi connectivity index (χ2v) is 4.69. The Morgan fingerprint density at radius 3 is 2.63 bits per heavy atom. The third kappa shape index (κ3) is 2.72. The van der Waals surface area contributed by atoms with Crippen molar-refractivity contribution in [3.8, 4) is 5.75 Å². The maximum Gasteiger partial charge on any atom is 0.125 e. The fourth-order valence-electron chi connectivity index (χ4n) is 2.44. The molecule has 2 unspecified atom stereocenters. The van der Waals surface area contributed by atoms with Gasteiger partial charge in [0.15, 0.2) is 0 Å². The number of ether oxygens (including phenoxy) is 1. The molecule has 0 saturated carbocycles. The molecule has 2 aromatic carbocycles. The first-order valence-electron chi connectivity index (χ1n) is 6.66. The van der Waals surface area contributed by atoms with Crippen LogP contribution in [0.2, 0.25) is 0 Å². The van der Waals surface area contributed by atoms with Gasteiger partial charge in [-0.05, 0) is 30.3 Å². The number of methoxy groups -OCH3 is 1. The van der Waals surface area contributed by atoms with Crippen LogP contribution in [0.5, 0.6) is 5.75 Å². The van der Waals surface area contributed by atoms with Crippen molar-refractivity contribution in [2.75, 3.05) is 13.7 Å². The van der Waals surface area contributed by atoms with Crippen molar-refractivity contribution in [1.29, 1.82) is 0 Å². The summed E-state index contributed by atoms with van der Waals surface area (Å²) in [5.41, 5.74) is 0.856. The summed E-state index contributed by atoms with van der Waals surface area (Å²) in [4.78, 5) is 0. The van der Waals surface area contributed by atoms with Crippen LogP contribution < -0.4 is 10.1 Å². The highest BCUT2D eigenvalue weighted by Crippen LogP contribution is 2.34. The molecule has 0 heterocycles. The van der Waals surface area contributed by atoms with E-state index >= 15 is 0 Å². The van der Waals surface area contributed by atoms with E-state index in [-0.39, 0.29) is 6.04 Å². The topological polar surface area (TPSA) is 41.5 Å². The Balaban J connectivity index is 2.55. The van der Waals surface area contributed by atoms with Gasteiger partial charge in [-0.1, -0.05) is 37.3 Å². The highest BCUT2D eigenvalue weighted by molar-refractivity contribution is 5.88. The maximum absolute atomic E-state index is 10.6. The number of rotatable bonds is 5. The van der Waals surface area contributed by atoms with E-state index in [2.05, 4.69) is 5.32 Å². The van der Waals surface area contributed by atoms with Crippen molar-refractivity contribution in [1.82, 2.24) is 5.32 Å². The van der Waals surface area contributed by atoms with E-state index in [1.807, 2.05) is 50.2 Å². The summed E-state index contributed by atoms with van der Waals surface area (Å²) in [7, 11) is 1.64. The van der Waals surface area contributed by atoms with Crippen molar-refractivity contribution in [3.63, 3.8) is 0 Å². The van der Waals surface area contributed by atoms with Gasteiger partial charge in [-0.2, -0.15) is 0 Å². The SMILES string of the molecule is CCNC(C)C(O)c1c(OC)ccc2ccccc12. The van der Waals surface area contributed by atoms with E-state index in [4.69, 9.17) is 4.74 Å². The zero-order chi connectivity index (χ0) is 13.8. The van der Waals surface area contributed by atoms with Crippen LogP contribution in [-0.2, 0) is 0 Å². The molecule has 3 heteroatoms. The minimum atomic E-state index is -0.596. The summed E-state index contributed by atoms with van der Waals surface area (Å²) in [6.45, 7) is 4.84. The van der Waals surface area contributed by atoms with E-state index in [0.29, 0.717) is 0 Å². The maximum atomic E-state index is 10.6. The van der Waals surface area contributed by atoms with E-state index in [9.17, 15) is 5.11 Å². The average Bonchev–Trinajstić information content (AvgIpc) is 2.45. The summed E-state index contributed by atoms with van der Waals surface area (Å²) in [6, 6.07) is 12.0. The van der Waals surface area contributed by atoms with Crippen LogP contribution in [0.3, 0.4) is 0 Å². The molecule has 0 aliphatic carbocycles. The summed E-state index contributed by atoms with van der Waals surface area (Å²) in [5.74, 6) is 0.732. The molecule has 0 radical (unpaired) electrons. The number of likely N-dealkylation sites (N-methyl/N-ethyl adjacent to an activating group) is 1. The zero-order valence-electron chi connectivity index (χ0n) is 11.7. The number of aliphatic hydroxyl groups is 1. The first kappa shape index (κ1) is 13.8. The lowest BCUT2D eigenvalue weighted by Crippen LogP contribution is -2.32. The minimum Gasteiger partial charge on any atom is -0.496 e. The second-order valence-electron chi connectivity index (χ2n) is 4.69. The first-order valence-corrected chi connectivity index (χ1v) is 6.66. The Labute approximate surface area is 114 Å². The van der Waals surface area contributed by atoms with Gasteiger partial charge in [-0.3, -0.25) is 0 Å². The lowest BCUT2D eigenvalue weighted by molar-refractivity contribution is 0.135. The Morgan fingerprint density at radius 2 is 1.95 bits per heavy atom. The molecular formula is C16H21NO2. The molecule has 0 bridgehead atoms. The number of aliphatic hydroxyl groups excluding tert-OH is 1. The summed E-state index contributed by atoms with van der Waals surface area (Å²) in [6.07, 6.45) is -0.596. The third-order valence-electron chi connectivity index (χ3n) is 3.45. The van der Waals surface area contributed by atoms with Crippen molar-refractivity contribution >= 4 is 10.8 Å². The van der Waals surface area contributed by atoms with Gasteiger partial charge >= 0.3 is 0 Å². The standard InChI is InChI=1S/C16H21NO2/c1-4-17-11(2)16(18)15-13-8-6-5-7-12(13)9-10-14(15)19-3/h5-11,16-18H,4H2,1-3H3. The summed E-state index contributed by atoms with van der Waals surface area (Å²) < 4.78 is 5.42. The molecule has 19 heavy (non-hydrogen) atoms. The Hall–Kier alpha value is -1.58. The number of hydrogen-bond donors (Lipinski definition) is 2. The van der Waals surface area contributed by atoms with Crippen LogP contribution in [-0.4, -0.2) is 24.8 Å². The average molecular weight is 259 g/mol. The van der Waals surface area contributed by atoms with E-state index in [1.165, 1.54) is 0 Å². The van der Waals surface area contributed by atoms with Gasteiger partial charge in [0.05, 0.1) is 13.2 Å². The molecule has 0 saturated heterocycles. The Kier molecular flexibility index (Phi) is 4.40. The molecule has 2 rings (SSSR count). The molecule has 2 atom stereocenters. The molecule has 0 aliphatic heterocycles. The molecule has 2 aromatic rings. The molecule has 0 amide bonds. The molecule has 0 aliphatic rings. The first-order chi connectivity index (χ1) is 9.19. The molecule has 0 spiro atoms.